The number of carboxylic acid groups (broad SMARTS) is 1. The second-order valence-corrected chi connectivity index (χ2v) is 3.60. The number of anilines is 1. The van der Waals surface area contributed by atoms with E-state index in [0.29, 0.717) is 6.92 Å². The first-order valence-corrected chi connectivity index (χ1v) is 4.65. The third-order valence-electron chi connectivity index (χ3n) is 2.27. The molecular weight excluding hydrogens is 251 g/mol. The number of hydrogen-bond donors (Lipinski definition) is 2. The zero-order valence-electron chi connectivity index (χ0n) is 9.12. The normalized spacial score (nSPS) is 14.4. The Balaban J connectivity index is 3.05. The van der Waals surface area contributed by atoms with Crippen LogP contribution >= 0.6 is 0 Å². The number of aliphatic carboxylic acids is 1. The minimum absolute atomic E-state index is 0.0181. The van der Waals surface area contributed by atoms with Gasteiger partial charge in [-0.1, -0.05) is 0 Å². The van der Waals surface area contributed by atoms with Crippen molar-refractivity contribution >= 4 is 11.7 Å². The highest BCUT2D eigenvalue weighted by Gasteiger charge is 2.57. The third-order valence-corrected chi connectivity index (χ3v) is 2.27. The fourth-order valence-corrected chi connectivity index (χ4v) is 1.07. The molecular formula is C10H8F3N3O2. The summed E-state index contributed by atoms with van der Waals surface area (Å²) in [6.45, 7) is 0.507. The molecule has 1 aromatic rings. The number of alkyl halides is 3. The molecule has 1 aromatic heterocycles. The van der Waals surface area contributed by atoms with Gasteiger partial charge in [0.05, 0.1) is 11.9 Å². The summed E-state index contributed by atoms with van der Waals surface area (Å²) in [6, 6.07) is 4.03. The fraction of sp³-hybridized carbons (Fsp3) is 0.300. The molecule has 0 saturated heterocycles. The maximum absolute atomic E-state index is 12.7. The molecule has 5 nitrogen and oxygen atoms in total. The van der Waals surface area contributed by atoms with E-state index in [9.17, 15) is 18.0 Å². The highest BCUT2D eigenvalue weighted by Crippen LogP contribution is 2.33. The van der Waals surface area contributed by atoms with E-state index >= 15 is 0 Å². The Morgan fingerprint density at radius 3 is 2.44 bits per heavy atom. The Bertz CT molecular complexity index is 493. The number of halogens is 3. The zero-order valence-corrected chi connectivity index (χ0v) is 9.12. The first-order valence-electron chi connectivity index (χ1n) is 4.65. The number of carboxylic acids is 1. The highest BCUT2D eigenvalue weighted by atomic mass is 19.4. The lowest BCUT2D eigenvalue weighted by Gasteiger charge is -2.29. The number of nitriles is 1. The van der Waals surface area contributed by atoms with Crippen LogP contribution < -0.4 is 5.32 Å². The minimum Gasteiger partial charge on any atom is -0.479 e. The van der Waals surface area contributed by atoms with Crippen LogP contribution in [0.4, 0.5) is 18.9 Å². The molecule has 1 atom stereocenters. The number of aromatic nitrogens is 1. The quantitative estimate of drug-likeness (QED) is 0.863. The summed E-state index contributed by atoms with van der Waals surface area (Å²) in [5.74, 6) is -2.06. The molecule has 1 rings (SSSR count). The Morgan fingerprint density at radius 2 is 2.11 bits per heavy atom. The van der Waals surface area contributed by atoms with Gasteiger partial charge in [-0.2, -0.15) is 18.4 Å². The van der Waals surface area contributed by atoms with Crippen LogP contribution in [0, 0.1) is 11.3 Å². The zero-order chi connectivity index (χ0) is 14.0. The number of nitrogens with one attached hydrogen (secondary N) is 1. The van der Waals surface area contributed by atoms with Gasteiger partial charge in [0.15, 0.2) is 0 Å². The number of nitrogens with zero attached hydrogens (tertiary/aromatic N) is 2. The fourth-order valence-electron chi connectivity index (χ4n) is 1.07. The molecule has 2 N–H and O–H groups in total. The highest BCUT2D eigenvalue weighted by molar-refractivity contribution is 5.83. The molecule has 1 heterocycles. The molecule has 0 fully saturated rings. The Hall–Kier alpha value is -2.30. The van der Waals surface area contributed by atoms with Gasteiger partial charge in [-0.3, -0.25) is 0 Å². The molecule has 0 spiro atoms. The largest absolute Gasteiger partial charge is 0.479 e. The van der Waals surface area contributed by atoms with E-state index in [4.69, 9.17) is 10.4 Å². The van der Waals surface area contributed by atoms with E-state index in [-0.39, 0.29) is 11.4 Å². The molecule has 0 aliphatic heterocycles. The van der Waals surface area contributed by atoms with E-state index in [1.165, 1.54) is 6.07 Å². The minimum atomic E-state index is -4.98. The first kappa shape index (κ1) is 13.8. The van der Waals surface area contributed by atoms with E-state index in [2.05, 4.69) is 4.98 Å². The van der Waals surface area contributed by atoms with Gasteiger partial charge in [0.25, 0.3) is 0 Å². The Kier molecular flexibility index (Phi) is 3.46. The van der Waals surface area contributed by atoms with E-state index in [0.717, 1.165) is 12.3 Å². The van der Waals surface area contributed by atoms with E-state index < -0.39 is 17.7 Å². The van der Waals surface area contributed by atoms with Gasteiger partial charge in [-0.25, -0.2) is 9.78 Å². The predicted molar refractivity (Wildman–Crippen MR) is 54.7 cm³/mol. The van der Waals surface area contributed by atoms with Gasteiger partial charge < -0.3 is 10.4 Å². The molecule has 0 aromatic carbocycles. The van der Waals surface area contributed by atoms with Crippen LogP contribution in [0.25, 0.3) is 0 Å². The summed E-state index contributed by atoms with van der Waals surface area (Å²) in [5.41, 5.74) is -3.25. The van der Waals surface area contributed by atoms with Crippen molar-refractivity contribution in [2.24, 2.45) is 0 Å². The van der Waals surface area contributed by atoms with Gasteiger partial charge in [-0.15, -0.1) is 0 Å². The van der Waals surface area contributed by atoms with Crippen LogP contribution in [0.3, 0.4) is 0 Å². The predicted octanol–water partition coefficient (Wildman–Crippen LogP) is 1.77. The van der Waals surface area contributed by atoms with Crippen LogP contribution in [-0.4, -0.2) is 27.8 Å². The van der Waals surface area contributed by atoms with Gasteiger partial charge in [0.1, 0.15) is 11.8 Å². The summed E-state index contributed by atoms with van der Waals surface area (Å²) >= 11 is 0. The van der Waals surface area contributed by atoms with Crippen molar-refractivity contribution in [3.8, 4) is 6.07 Å². The summed E-state index contributed by atoms with van der Waals surface area (Å²) in [7, 11) is 0. The summed E-state index contributed by atoms with van der Waals surface area (Å²) < 4.78 is 38.0. The summed E-state index contributed by atoms with van der Waals surface area (Å²) in [6.07, 6.45) is -4.02. The summed E-state index contributed by atoms with van der Waals surface area (Å²) in [4.78, 5) is 14.3. The SMILES string of the molecule is CC(Nc1ccc(C#N)nc1)(C(=O)O)C(F)(F)F. The lowest BCUT2D eigenvalue weighted by Crippen LogP contribution is -2.55. The molecule has 0 radical (unpaired) electrons. The molecule has 1 unspecified atom stereocenters. The number of carbonyl (C=O) groups is 1. The lowest BCUT2D eigenvalue weighted by molar-refractivity contribution is -0.192. The van der Waals surface area contributed by atoms with Crippen LogP contribution in [0.15, 0.2) is 18.3 Å². The summed E-state index contributed by atoms with van der Waals surface area (Å²) in [5, 5.41) is 19.0. The van der Waals surface area contributed by atoms with Crippen LogP contribution in [-0.2, 0) is 4.79 Å². The van der Waals surface area contributed by atoms with Crippen molar-refractivity contribution in [2.45, 2.75) is 18.6 Å². The Morgan fingerprint density at radius 1 is 1.50 bits per heavy atom. The van der Waals surface area contributed by atoms with Crippen molar-refractivity contribution in [3.05, 3.63) is 24.0 Å². The number of pyridine rings is 1. The second-order valence-electron chi connectivity index (χ2n) is 3.60. The van der Waals surface area contributed by atoms with Crippen LogP contribution in [0.1, 0.15) is 12.6 Å². The van der Waals surface area contributed by atoms with E-state index in [1.54, 1.807) is 6.07 Å². The van der Waals surface area contributed by atoms with Crippen molar-refractivity contribution in [3.63, 3.8) is 0 Å². The van der Waals surface area contributed by atoms with Crippen LogP contribution in [0.5, 0.6) is 0 Å². The third kappa shape index (κ3) is 2.51. The number of hydrogen-bond acceptors (Lipinski definition) is 4. The molecule has 18 heavy (non-hydrogen) atoms. The van der Waals surface area contributed by atoms with Crippen molar-refractivity contribution in [1.29, 1.82) is 5.26 Å². The smallest absolute Gasteiger partial charge is 0.422 e. The molecule has 0 aliphatic carbocycles. The molecule has 0 bridgehead atoms. The molecule has 0 amide bonds. The molecule has 0 aliphatic rings. The van der Waals surface area contributed by atoms with Gasteiger partial charge >= 0.3 is 12.1 Å². The molecule has 8 heteroatoms. The van der Waals surface area contributed by atoms with Crippen molar-refractivity contribution < 1.29 is 23.1 Å². The monoisotopic (exact) mass is 259 g/mol. The molecule has 96 valence electrons. The standard InChI is InChI=1S/C10H8F3N3O2/c1-9(8(17)18,10(11,12)13)16-7-3-2-6(4-14)15-5-7/h2-3,5,16H,1H3,(H,17,18). The maximum Gasteiger partial charge on any atom is 0.422 e. The number of rotatable bonds is 3. The maximum atomic E-state index is 12.7. The topological polar surface area (TPSA) is 86.0 Å². The lowest BCUT2D eigenvalue weighted by atomic mass is 10.0. The van der Waals surface area contributed by atoms with Gasteiger partial charge in [-0.05, 0) is 19.1 Å². The van der Waals surface area contributed by atoms with Gasteiger partial charge in [0, 0.05) is 0 Å². The molecule has 0 saturated carbocycles. The Labute approximate surface area is 99.9 Å². The first-order chi connectivity index (χ1) is 8.20. The van der Waals surface area contributed by atoms with Crippen LogP contribution in [0.2, 0.25) is 0 Å². The second kappa shape index (κ2) is 4.52. The van der Waals surface area contributed by atoms with Crippen molar-refractivity contribution in [1.82, 2.24) is 4.98 Å². The van der Waals surface area contributed by atoms with Crippen molar-refractivity contribution in [2.75, 3.05) is 5.32 Å². The van der Waals surface area contributed by atoms with E-state index in [1.807, 2.05) is 5.32 Å². The van der Waals surface area contributed by atoms with Gasteiger partial charge in [0.2, 0.25) is 5.54 Å². The average Bonchev–Trinajstić information content (AvgIpc) is 2.28. The average molecular weight is 259 g/mol.